The Bertz CT molecular complexity index is 213. The van der Waals surface area contributed by atoms with Crippen molar-refractivity contribution in [1.29, 1.82) is 0 Å². The van der Waals surface area contributed by atoms with E-state index in [1.165, 1.54) is 12.8 Å². The molecular weight excluding hydrogens is 194 g/mol. The van der Waals surface area contributed by atoms with Gasteiger partial charge in [-0.25, -0.2) is 0 Å². The minimum Gasteiger partial charge on any atom is -0.343 e. The predicted molar refractivity (Wildman–Crippen MR) is 62.7 cm³/mol. The van der Waals surface area contributed by atoms with Gasteiger partial charge in [0.2, 0.25) is 5.91 Å². The van der Waals surface area contributed by atoms with Gasteiger partial charge in [-0.1, -0.05) is 6.92 Å². The molecule has 2 nitrogen and oxygen atoms in total. The second-order valence-electron chi connectivity index (χ2n) is 4.60. The number of thiol groups is 1. The summed E-state index contributed by atoms with van der Waals surface area (Å²) in [5, 5.41) is 0. The highest BCUT2D eigenvalue weighted by Gasteiger charge is 2.43. The summed E-state index contributed by atoms with van der Waals surface area (Å²) in [5.41, 5.74) is 0.252. The quantitative estimate of drug-likeness (QED) is 0.698. The lowest BCUT2D eigenvalue weighted by Gasteiger charge is -2.25. The topological polar surface area (TPSA) is 20.3 Å². The summed E-state index contributed by atoms with van der Waals surface area (Å²) in [6.45, 7) is 4.21. The highest BCUT2D eigenvalue weighted by molar-refractivity contribution is 7.80. The largest absolute Gasteiger partial charge is 0.343 e. The third-order valence-electron chi connectivity index (χ3n) is 3.46. The van der Waals surface area contributed by atoms with E-state index in [-0.39, 0.29) is 11.3 Å². The van der Waals surface area contributed by atoms with Crippen molar-refractivity contribution in [3.63, 3.8) is 0 Å². The van der Waals surface area contributed by atoms with E-state index < -0.39 is 0 Å². The number of rotatable bonds is 5. The molecule has 3 heteroatoms. The fourth-order valence-electron chi connectivity index (χ4n) is 1.53. The zero-order valence-corrected chi connectivity index (χ0v) is 10.3. The molecule has 1 fully saturated rings. The van der Waals surface area contributed by atoms with Crippen LogP contribution < -0.4 is 0 Å². The second kappa shape index (κ2) is 4.56. The number of hydrogen-bond donors (Lipinski definition) is 1. The molecule has 82 valence electrons. The van der Waals surface area contributed by atoms with Gasteiger partial charge in [-0.05, 0) is 37.4 Å². The third kappa shape index (κ3) is 2.66. The first-order valence-corrected chi connectivity index (χ1v) is 6.04. The van der Waals surface area contributed by atoms with Crippen molar-refractivity contribution < 1.29 is 4.79 Å². The van der Waals surface area contributed by atoms with Gasteiger partial charge in [0.15, 0.2) is 0 Å². The fraction of sp³-hybridized carbons (Fsp3) is 0.909. The van der Waals surface area contributed by atoms with Gasteiger partial charge in [0.1, 0.15) is 0 Å². The molecule has 1 amide bonds. The molecule has 0 aromatic rings. The highest BCUT2D eigenvalue weighted by Crippen LogP contribution is 2.49. The van der Waals surface area contributed by atoms with Crippen molar-refractivity contribution in [3.05, 3.63) is 0 Å². The fourth-order valence-corrected chi connectivity index (χ4v) is 1.96. The molecule has 1 aliphatic carbocycles. The molecule has 0 spiro atoms. The molecule has 0 radical (unpaired) electrons. The Morgan fingerprint density at radius 2 is 2.14 bits per heavy atom. The van der Waals surface area contributed by atoms with Crippen molar-refractivity contribution >= 4 is 18.5 Å². The summed E-state index contributed by atoms with van der Waals surface area (Å²) in [6.07, 6.45) is 4.07. The van der Waals surface area contributed by atoms with Crippen LogP contribution in [0.5, 0.6) is 0 Å². The van der Waals surface area contributed by atoms with E-state index in [9.17, 15) is 4.79 Å². The summed E-state index contributed by atoms with van der Waals surface area (Å²) in [4.78, 5) is 13.7. The standard InChI is InChI=1S/C11H21NOS/c1-4-9(2)12(3)10(13)7-11(8-14)5-6-11/h9,14H,4-8H2,1-3H3. The smallest absolute Gasteiger partial charge is 0.223 e. The zero-order chi connectivity index (χ0) is 10.8. The van der Waals surface area contributed by atoms with Crippen LogP contribution in [0.15, 0.2) is 0 Å². The lowest BCUT2D eigenvalue weighted by atomic mass is 10.0. The van der Waals surface area contributed by atoms with Crippen molar-refractivity contribution in [1.82, 2.24) is 4.90 Å². The van der Waals surface area contributed by atoms with Gasteiger partial charge in [0.25, 0.3) is 0 Å². The molecule has 1 atom stereocenters. The molecular formula is C11H21NOS. The van der Waals surface area contributed by atoms with Crippen LogP contribution in [0.2, 0.25) is 0 Å². The summed E-state index contributed by atoms with van der Waals surface area (Å²) in [6, 6.07) is 0.359. The van der Waals surface area contributed by atoms with E-state index in [1.54, 1.807) is 0 Å². The number of carbonyl (C=O) groups excluding carboxylic acids is 1. The highest BCUT2D eigenvalue weighted by atomic mass is 32.1. The second-order valence-corrected chi connectivity index (χ2v) is 4.91. The van der Waals surface area contributed by atoms with E-state index in [2.05, 4.69) is 26.5 Å². The Hall–Kier alpha value is -0.180. The number of carbonyl (C=O) groups is 1. The molecule has 14 heavy (non-hydrogen) atoms. The van der Waals surface area contributed by atoms with Crippen molar-refractivity contribution in [2.75, 3.05) is 12.8 Å². The van der Waals surface area contributed by atoms with Crippen LogP contribution in [0, 0.1) is 5.41 Å². The molecule has 1 aliphatic rings. The van der Waals surface area contributed by atoms with Gasteiger partial charge in [-0.3, -0.25) is 4.79 Å². The van der Waals surface area contributed by atoms with Crippen LogP contribution in [-0.4, -0.2) is 29.6 Å². The van der Waals surface area contributed by atoms with Gasteiger partial charge in [-0.15, -0.1) is 0 Å². The number of amides is 1. The lowest BCUT2D eigenvalue weighted by Crippen LogP contribution is -2.36. The third-order valence-corrected chi connectivity index (χ3v) is 4.13. The Balaban J connectivity index is 2.41. The molecule has 1 saturated carbocycles. The first kappa shape index (κ1) is 11.9. The van der Waals surface area contributed by atoms with Crippen LogP contribution in [0.25, 0.3) is 0 Å². The average molecular weight is 215 g/mol. The molecule has 0 aromatic heterocycles. The van der Waals surface area contributed by atoms with Crippen LogP contribution in [0.1, 0.15) is 39.5 Å². The maximum atomic E-state index is 11.8. The maximum absolute atomic E-state index is 11.8. The predicted octanol–water partition coefficient (Wildman–Crippen LogP) is 2.34. The van der Waals surface area contributed by atoms with E-state index in [1.807, 2.05) is 11.9 Å². The Labute approximate surface area is 92.5 Å². The van der Waals surface area contributed by atoms with Gasteiger partial charge < -0.3 is 4.90 Å². The molecule has 0 saturated heterocycles. The van der Waals surface area contributed by atoms with E-state index >= 15 is 0 Å². The molecule has 0 aliphatic heterocycles. The summed E-state index contributed by atoms with van der Waals surface area (Å²) in [5.74, 6) is 1.14. The monoisotopic (exact) mass is 215 g/mol. The number of hydrogen-bond acceptors (Lipinski definition) is 2. The lowest BCUT2D eigenvalue weighted by molar-refractivity contribution is -0.132. The van der Waals surface area contributed by atoms with Crippen LogP contribution in [0.3, 0.4) is 0 Å². The minimum atomic E-state index is 0.252. The van der Waals surface area contributed by atoms with Gasteiger partial charge in [0.05, 0.1) is 0 Å². The Morgan fingerprint density at radius 3 is 2.50 bits per heavy atom. The summed E-state index contributed by atoms with van der Waals surface area (Å²) < 4.78 is 0. The maximum Gasteiger partial charge on any atom is 0.223 e. The van der Waals surface area contributed by atoms with Crippen molar-refractivity contribution in [2.24, 2.45) is 5.41 Å². The van der Waals surface area contributed by atoms with Crippen molar-refractivity contribution in [2.45, 2.75) is 45.6 Å². The van der Waals surface area contributed by atoms with Gasteiger partial charge in [-0.2, -0.15) is 12.6 Å². The summed E-state index contributed by atoms with van der Waals surface area (Å²) >= 11 is 4.31. The van der Waals surface area contributed by atoms with Gasteiger partial charge >= 0.3 is 0 Å². The van der Waals surface area contributed by atoms with Crippen molar-refractivity contribution in [3.8, 4) is 0 Å². The van der Waals surface area contributed by atoms with Crippen LogP contribution >= 0.6 is 12.6 Å². The molecule has 0 aromatic carbocycles. The molecule has 0 bridgehead atoms. The Kier molecular flexibility index (Phi) is 3.87. The van der Waals surface area contributed by atoms with E-state index in [0.29, 0.717) is 12.5 Å². The SMILES string of the molecule is CCC(C)N(C)C(=O)CC1(CS)CC1. The van der Waals surface area contributed by atoms with Crippen LogP contribution in [0.4, 0.5) is 0 Å². The normalized spacial score (nSPS) is 20.3. The van der Waals surface area contributed by atoms with Crippen LogP contribution in [-0.2, 0) is 4.79 Å². The molecule has 0 heterocycles. The molecule has 1 rings (SSSR count). The van der Waals surface area contributed by atoms with Gasteiger partial charge in [0, 0.05) is 19.5 Å². The average Bonchev–Trinajstić information content (AvgIpc) is 2.96. The molecule has 1 unspecified atom stereocenters. The minimum absolute atomic E-state index is 0.252. The summed E-state index contributed by atoms with van der Waals surface area (Å²) in [7, 11) is 1.91. The van der Waals surface area contributed by atoms with E-state index in [0.717, 1.165) is 12.2 Å². The number of nitrogens with zero attached hydrogens (tertiary/aromatic N) is 1. The Morgan fingerprint density at radius 1 is 1.57 bits per heavy atom. The zero-order valence-electron chi connectivity index (χ0n) is 9.42. The molecule has 0 N–H and O–H groups in total. The first-order valence-electron chi connectivity index (χ1n) is 5.41. The first-order chi connectivity index (χ1) is 6.54. The van der Waals surface area contributed by atoms with E-state index in [4.69, 9.17) is 0 Å².